The maximum atomic E-state index is 12.5. The van der Waals surface area contributed by atoms with E-state index < -0.39 is 12.0 Å². The number of esters is 1. The average Bonchev–Trinajstić information content (AvgIpc) is 2.52. The lowest BCUT2D eigenvalue weighted by Crippen LogP contribution is -2.46. The van der Waals surface area contributed by atoms with E-state index in [0.717, 1.165) is 22.9 Å². The van der Waals surface area contributed by atoms with Gasteiger partial charge < -0.3 is 15.4 Å². The summed E-state index contributed by atoms with van der Waals surface area (Å²) in [5.41, 5.74) is 1.98. The quantitative estimate of drug-likeness (QED) is 0.737. The predicted octanol–water partition coefficient (Wildman–Crippen LogP) is 3.81. The summed E-state index contributed by atoms with van der Waals surface area (Å²) in [5.74, 6) is -0.393. The molecule has 1 aromatic carbocycles. The number of hydrogen-bond acceptors (Lipinski definition) is 3. The van der Waals surface area contributed by atoms with Crippen LogP contribution in [-0.2, 0) is 9.53 Å². The van der Waals surface area contributed by atoms with Gasteiger partial charge >= 0.3 is 12.0 Å². The molecular weight excluding hydrogens is 360 g/mol. The van der Waals surface area contributed by atoms with Gasteiger partial charge in [0.25, 0.3) is 0 Å². The van der Waals surface area contributed by atoms with Crippen LogP contribution in [0, 0.1) is 0 Å². The molecule has 6 heteroatoms. The van der Waals surface area contributed by atoms with Gasteiger partial charge in [-0.25, -0.2) is 9.59 Å². The molecule has 0 bridgehead atoms. The van der Waals surface area contributed by atoms with Gasteiger partial charge in [-0.15, -0.1) is 0 Å². The van der Waals surface area contributed by atoms with Crippen molar-refractivity contribution in [2.45, 2.75) is 39.2 Å². The van der Waals surface area contributed by atoms with E-state index in [9.17, 15) is 9.59 Å². The lowest BCUT2D eigenvalue weighted by Gasteiger charge is -2.29. The summed E-state index contributed by atoms with van der Waals surface area (Å²) in [5, 5.41) is 5.60. The number of carbonyl (C=O) groups is 2. The standard InChI is InChI=1S/C17H21BrN2O3/c1-3-5-9-13-14(16(21)23-4-2)15(20-17(22)19-13)11-7-6-8-12(18)10-11/h6-8,10,15H,3-5,9H2,1-2H3,(H2,19,20,22). The molecule has 2 N–H and O–H groups in total. The van der Waals surface area contributed by atoms with E-state index in [1.54, 1.807) is 6.92 Å². The fourth-order valence-corrected chi connectivity index (χ4v) is 2.97. The topological polar surface area (TPSA) is 67.4 Å². The van der Waals surface area contributed by atoms with Crippen LogP contribution in [0.4, 0.5) is 4.79 Å². The molecular formula is C17H21BrN2O3. The number of amides is 2. The molecule has 1 atom stereocenters. The SMILES string of the molecule is CCCCC1=C(C(=O)OCC)C(c2cccc(Br)c2)NC(=O)N1. The third kappa shape index (κ3) is 4.34. The van der Waals surface area contributed by atoms with Gasteiger partial charge in [0.05, 0.1) is 18.2 Å². The van der Waals surface area contributed by atoms with Crippen molar-refractivity contribution in [3.05, 3.63) is 45.6 Å². The number of halogens is 1. The van der Waals surface area contributed by atoms with Crippen molar-refractivity contribution in [3.63, 3.8) is 0 Å². The van der Waals surface area contributed by atoms with Gasteiger partial charge in [0.15, 0.2) is 0 Å². The largest absolute Gasteiger partial charge is 0.463 e. The molecule has 0 aliphatic carbocycles. The third-order valence-corrected chi connectivity index (χ3v) is 4.10. The predicted molar refractivity (Wildman–Crippen MR) is 91.7 cm³/mol. The number of ether oxygens (including phenoxy) is 1. The van der Waals surface area contributed by atoms with Gasteiger partial charge in [0.2, 0.25) is 0 Å². The summed E-state index contributed by atoms with van der Waals surface area (Å²) in [6.07, 6.45) is 2.51. The Balaban J connectivity index is 2.47. The van der Waals surface area contributed by atoms with Crippen LogP contribution in [0.2, 0.25) is 0 Å². The van der Waals surface area contributed by atoms with Crippen LogP contribution >= 0.6 is 15.9 Å². The van der Waals surface area contributed by atoms with Crippen molar-refractivity contribution in [2.75, 3.05) is 6.61 Å². The third-order valence-electron chi connectivity index (χ3n) is 3.61. The van der Waals surface area contributed by atoms with Crippen molar-refractivity contribution in [1.82, 2.24) is 10.6 Å². The van der Waals surface area contributed by atoms with Crippen LogP contribution in [0.1, 0.15) is 44.7 Å². The Kier molecular flexibility index (Phi) is 6.21. The van der Waals surface area contributed by atoms with E-state index in [1.165, 1.54) is 0 Å². The second-order valence-electron chi connectivity index (χ2n) is 5.30. The van der Waals surface area contributed by atoms with Crippen LogP contribution in [0.3, 0.4) is 0 Å². The highest BCUT2D eigenvalue weighted by Crippen LogP contribution is 2.30. The second-order valence-corrected chi connectivity index (χ2v) is 6.22. The number of hydrogen-bond donors (Lipinski definition) is 2. The molecule has 1 unspecified atom stereocenters. The highest BCUT2D eigenvalue weighted by molar-refractivity contribution is 9.10. The van der Waals surface area contributed by atoms with Gasteiger partial charge in [-0.05, 0) is 37.5 Å². The Morgan fingerprint density at radius 1 is 1.35 bits per heavy atom. The molecule has 124 valence electrons. The van der Waals surface area contributed by atoms with Crippen LogP contribution in [0.15, 0.2) is 40.0 Å². The van der Waals surface area contributed by atoms with E-state index in [2.05, 4.69) is 33.5 Å². The Labute approximate surface area is 144 Å². The number of unbranched alkanes of at least 4 members (excludes halogenated alkanes) is 1. The van der Waals surface area contributed by atoms with Crippen LogP contribution in [0.25, 0.3) is 0 Å². The number of rotatable bonds is 6. The maximum Gasteiger partial charge on any atom is 0.338 e. The Bertz CT molecular complexity index is 628. The van der Waals surface area contributed by atoms with Gasteiger partial charge in [-0.3, -0.25) is 0 Å². The van der Waals surface area contributed by atoms with Crippen molar-refractivity contribution < 1.29 is 14.3 Å². The molecule has 0 saturated heterocycles. The first-order chi connectivity index (χ1) is 11.1. The first-order valence-electron chi connectivity index (χ1n) is 7.80. The lowest BCUT2D eigenvalue weighted by atomic mass is 9.93. The number of urea groups is 1. The molecule has 0 radical (unpaired) electrons. The summed E-state index contributed by atoms with van der Waals surface area (Å²) in [4.78, 5) is 24.5. The summed E-state index contributed by atoms with van der Waals surface area (Å²) >= 11 is 3.43. The Hall–Kier alpha value is -1.82. The van der Waals surface area contributed by atoms with E-state index in [-0.39, 0.29) is 6.03 Å². The number of allylic oxidation sites excluding steroid dienone is 1. The number of carbonyl (C=O) groups excluding carboxylic acids is 2. The minimum absolute atomic E-state index is 0.294. The first kappa shape index (κ1) is 17.5. The minimum atomic E-state index is -0.507. The minimum Gasteiger partial charge on any atom is -0.463 e. The van der Waals surface area contributed by atoms with Crippen LogP contribution < -0.4 is 10.6 Å². The zero-order valence-corrected chi connectivity index (χ0v) is 14.9. The van der Waals surface area contributed by atoms with E-state index >= 15 is 0 Å². The molecule has 1 heterocycles. The Morgan fingerprint density at radius 2 is 2.13 bits per heavy atom. The summed E-state index contributed by atoms with van der Waals surface area (Å²) in [7, 11) is 0. The molecule has 0 fully saturated rings. The van der Waals surface area contributed by atoms with Crippen LogP contribution in [0.5, 0.6) is 0 Å². The second kappa shape index (κ2) is 8.15. The summed E-state index contributed by atoms with van der Waals surface area (Å²) in [6.45, 7) is 4.13. The highest BCUT2D eigenvalue weighted by atomic mass is 79.9. The molecule has 0 saturated carbocycles. The van der Waals surface area contributed by atoms with Gasteiger partial charge in [-0.1, -0.05) is 41.4 Å². The smallest absolute Gasteiger partial charge is 0.338 e. The molecule has 1 aliphatic heterocycles. The van der Waals surface area contributed by atoms with Gasteiger partial charge in [-0.2, -0.15) is 0 Å². The molecule has 1 aromatic rings. The molecule has 0 aromatic heterocycles. The average molecular weight is 381 g/mol. The van der Waals surface area contributed by atoms with Gasteiger partial charge in [0, 0.05) is 10.2 Å². The highest BCUT2D eigenvalue weighted by Gasteiger charge is 2.33. The van der Waals surface area contributed by atoms with E-state index in [0.29, 0.717) is 24.3 Å². The van der Waals surface area contributed by atoms with E-state index in [4.69, 9.17) is 4.74 Å². The summed E-state index contributed by atoms with van der Waals surface area (Å²) < 4.78 is 6.10. The Morgan fingerprint density at radius 3 is 2.78 bits per heavy atom. The molecule has 5 nitrogen and oxygen atoms in total. The molecule has 2 rings (SSSR count). The fraction of sp³-hybridized carbons (Fsp3) is 0.412. The zero-order valence-electron chi connectivity index (χ0n) is 13.3. The lowest BCUT2D eigenvalue weighted by molar-refractivity contribution is -0.139. The molecule has 2 amide bonds. The number of benzene rings is 1. The molecule has 0 spiro atoms. The fourth-order valence-electron chi connectivity index (χ4n) is 2.55. The summed E-state index contributed by atoms with van der Waals surface area (Å²) in [6, 6.07) is 6.76. The molecule has 23 heavy (non-hydrogen) atoms. The van der Waals surface area contributed by atoms with Crippen molar-refractivity contribution in [3.8, 4) is 0 Å². The van der Waals surface area contributed by atoms with E-state index in [1.807, 2.05) is 24.3 Å². The van der Waals surface area contributed by atoms with Gasteiger partial charge in [0.1, 0.15) is 0 Å². The number of nitrogens with one attached hydrogen (secondary N) is 2. The van der Waals surface area contributed by atoms with Crippen LogP contribution in [-0.4, -0.2) is 18.6 Å². The molecule has 1 aliphatic rings. The normalized spacial score (nSPS) is 17.5. The van der Waals surface area contributed by atoms with Crippen molar-refractivity contribution >= 4 is 27.9 Å². The van der Waals surface area contributed by atoms with Crippen molar-refractivity contribution in [1.29, 1.82) is 0 Å². The van der Waals surface area contributed by atoms with Crippen molar-refractivity contribution in [2.24, 2.45) is 0 Å². The monoisotopic (exact) mass is 380 g/mol. The first-order valence-corrected chi connectivity index (χ1v) is 8.59. The maximum absolute atomic E-state index is 12.5. The zero-order chi connectivity index (χ0) is 16.8.